The third-order valence-corrected chi connectivity index (χ3v) is 3.59. The normalized spacial score (nSPS) is 13.1. The Morgan fingerprint density at radius 2 is 2.00 bits per heavy atom. The molecule has 0 aliphatic carbocycles. The summed E-state index contributed by atoms with van der Waals surface area (Å²) in [6.45, 7) is 6.44. The molecule has 1 unspecified atom stereocenters. The average Bonchev–Trinajstić information content (AvgIpc) is 2.15. The SMILES string of the molecule is Cc1cc(F)ccc1CCC(Br)CC(C)C. The zero-order valence-electron chi connectivity index (χ0n) is 10.3. The van der Waals surface area contributed by atoms with Crippen LogP contribution < -0.4 is 0 Å². The van der Waals surface area contributed by atoms with Crippen LogP contribution in [-0.4, -0.2) is 4.83 Å². The number of halogens is 2. The van der Waals surface area contributed by atoms with Crippen molar-refractivity contribution in [1.29, 1.82) is 0 Å². The van der Waals surface area contributed by atoms with E-state index in [2.05, 4.69) is 29.8 Å². The van der Waals surface area contributed by atoms with Gasteiger partial charge < -0.3 is 0 Å². The first-order valence-electron chi connectivity index (χ1n) is 5.88. The van der Waals surface area contributed by atoms with Gasteiger partial charge in [-0.05, 0) is 55.4 Å². The predicted octanol–water partition coefficient (Wildman–Crippen LogP) is 4.88. The van der Waals surface area contributed by atoms with Gasteiger partial charge in [0, 0.05) is 4.83 Å². The molecule has 0 radical (unpaired) electrons. The van der Waals surface area contributed by atoms with Crippen LogP contribution in [0, 0.1) is 18.7 Å². The van der Waals surface area contributed by atoms with E-state index in [1.54, 1.807) is 12.1 Å². The van der Waals surface area contributed by atoms with Crippen LogP contribution in [-0.2, 0) is 6.42 Å². The second-order valence-corrected chi connectivity index (χ2v) is 6.13. The fourth-order valence-electron chi connectivity index (χ4n) is 1.88. The lowest BCUT2D eigenvalue weighted by Gasteiger charge is -2.13. The summed E-state index contributed by atoms with van der Waals surface area (Å²) >= 11 is 3.70. The summed E-state index contributed by atoms with van der Waals surface area (Å²) < 4.78 is 12.9. The lowest BCUT2D eigenvalue weighted by Crippen LogP contribution is -2.05. The van der Waals surface area contributed by atoms with E-state index >= 15 is 0 Å². The van der Waals surface area contributed by atoms with Gasteiger partial charge in [0.25, 0.3) is 0 Å². The molecule has 0 heterocycles. The molecule has 0 aliphatic heterocycles. The van der Waals surface area contributed by atoms with Gasteiger partial charge in [0.1, 0.15) is 5.82 Å². The highest BCUT2D eigenvalue weighted by Crippen LogP contribution is 2.20. The van der Waals surface area contributed by atoms with Gasteiger partial charge in [0.2, 0.25) is 0 Å². The molecule has 1 rings (SSSR count). The Labute approximate surface area is 106 Å². The van der Waals surface area contributed by atoms with Crippen molar-refractivity contribution in [3.63, 3.8) is 0 Å². The van der Waals surface area contributed by atoms with Gasteiger partial charge in [-0.15, -0.1) is 0 Å². The largest absolute Gasteiger partial charge is 0.207 e. The molecule has 0 aliphatic rings. The van der Waals surface area contributed by atoms with Crippen LogP contribution in [0.25, 0.3) is 0 Å². The van der Waals surface area contributed by atoms with Crippen molar-refractivity contribution in [2.45, 2.75) is 44.9 Å². The zero-order chi connectivity index (χ0) is 12.1. The maximum atomic E-state index is 12.9. The van der Waals surface area contributed by atoms with E-state index in [0.717, 1.165) is 24.3 Å². The fourth-order valence-corrected chi connectivity index (χ4v) is 2.86. The fraction of sp³-hybridized carbons (Fsp3) is 0.571. The Bertz CT molecular complexity index is 334. The molecule has 0 spiro atoms. The van der Waals surface area contributed by atoms with Crippen molar-refractivity contribution >= 4 is 15.9 Å². The molecule has 16 heavy (non-hydrogen) atoms. The maximum absolute atomic E-state index is 12.9. The van der Waals surface area contributed by atoms with Crippen molar-refractivity contribution in [3.05, 3.63) is 35.1 Å². The monoisotopic (exact) mass is 286 g/mol. The number of benzene rings is 1. The van der Waals surface area contributed by atoms with Gasteiger partial charge >= 0.3 is 0 Å². The highest BCUT2D eigenvalue weighted by molar-refractivity contribution is 9.09. The van der Waals surface area contributed by atoms with Crippen molar-refractivity contribution in [2.24, 2.45) is 5.92 Å². The molecule has 0 saturated carbocycles. The minimum absolute atomic E-state index is 0.140. The topological polar surface area (TPSA) is 0 Å². The molecule has 90 valence electrons. The number of alkyl halides is 1. The van der Waals surface area contributed by atoms with Gasteiger partial charge in [-0.25, -0.2) is 4.39 Å². The van der Waals surface area contributed by atoms with Gasteiger partial charge in [-0.2, -0.15) is 0 Å². The first-order valence-corrected chi connectivity index (χ1v) is 6.79. The summed E-state index contributed by atoms with van der Waals surface area (Å²) in [5.41, 5.74) is 2.32. The number of hydrogen-bond donors (Lipinski definition) is 0. The summed E-state index contributed by atoms with van der Waals surface area (Å²) in [6, 6.07) is 5.06. The summed E-state index contributed by atoms with van der Waals surface area (Å²) in [5, 5.41) is 0. The van der Waals surface area contributed by atoms with E-state index in [1.165, 1.54) is 12.0 Å². The number of aryl methyl sites for hydroxylation is 2. The van der Waals surface area contributed by atoms with E-state index in [0.29, 0.717) is 4.83 Å². The Morgan fingerprint density at radius 1 is 1.31 bits per heavy atom. The van der Waals surface area contributed by atoms with Crippen LogP contribution >= 0.6 is 15.9 Å². The molecular weight excluding hydrogens is 267 g/mol. The molecule has 0 fully saturated rings. The molecule has 0 bridgehead atoms. The molecule has 1 aromatic carbocycles. The van der Waals surface area contributed by atoms with Gasteiger partial charge in [0.05, 0.1) is 0 Å². The Hall–Kier alpha value is -0.370. The quantitative estimate of drug-likeness (QED) is 0.677. The molecule has 0 amide bonds. The lowest BCUT2D eigenvalue weighted by molar-refractivity contribution is 0.554. The second kappa shape index (κ2) is 6.39. The van der Waals surface area contributed by atoms with E-state index in [1.807, 2.05) is 13.0 Å². The van der Waals surface area contributed by atoms with Gasteiger partial charge in [-0.1, -0.05) is 35.8 Å². The minimum Gasteiger partial charge on any atom is -0.207 e. The zero-order valence-corrected chi connectivity index (χ0v) is 11.8. The van der Waals surface area contributed by atoms with Crippen LogP contribution in [0.1, 0.15) is 37.8 Å². The van der Waals surface area contributed by atoms with Crippen LogP contribution in [0.4, 0.5) is 4.39 Å². The predicted molar refractivity (Wildman–Crippen MR) is 71.6 cm³/mol. The van der Waals surface area contributed by atoms with Crippen molar-refractivity contribution < 1.29 is 4.39 Å². The second-order valence-electron chi connectivity index (χ2n) is 4.84. The van der Waals surface area contributed by atoms with E-state index < -0.39 is 0 Å². The first-order chi connectivity index (χ1) is 7.49. The Kier molecular flexibility index (Phi) is 5.47. The number of hydrogen-bond acceptors (Lipinski definition) is 0. The molecule has 0 saturated heterocycles. The molecule has 1 aromatic rings. The van der Waals surface area contributed by atoms with E-state index in [9.17, 15) is 4.39 Å². The summed E-state index contributed by atoms with van der Waals surface area (Å²) in [5.74, 6) is 0.581. The highest BCUT2D eigenvalue weighted by atomic mass is 79.9. The first kappa shape index (κ1) is 13.7. The minimum atomic E-state index is -0.140. The third-order valence-electron chi connectivity index (χ3n) is 2.76. The van der Waals surface area contributed by atoms with Crippen molar-refractivity contribution in [3.8, 4) is 0 Å². The Morgan fingerprint density at radius 3 is 2.56 bits per heavy atom. The van der Waals surface area contributed by atoms with Gasteiger partial charge in [-0.3, -0.25) is 0 Å². The van der Waals surface area contributed by atoms with Gasteiger partial charge in [0.15, 0.2) is 0 Å². The molecule has 0 N–H and O–H groups in total. The third kappa shape index (κ3) is 4.65. The summed E-state index contributed by atoms with van der Waals surface area (Å²) in [7, 11) is 0. The average molecular weight is 287 g/mol. The Balaban J connectivity index is 2.48. The molecule has 0 aromatic heterocycles. The summed E-state index contributed by atoms with van der Waals surface area (Å²) in [4.78, 5) is 0.567. The highest BCUT2D eigenvalue weighted by Gasteiger charge is 2.08. The maximum Gasteiger partial charge on any atom is 0.123 e. The number of rotatable bonds is 5. The lowest BCUT2D eigenvalue weighted by atomic mass is 9.99. The molecule has 1 atom stereocenters. The van der Waals surface area contributed by atoms with Crippen LogP contribution in [0.5, 0.6) is 0 Å². The standard InChI is InChI=1S/C14H20BrF/c1-10(2)8-13(15)6-4-12-5-7-14(16)9-11(12)3/h5,7,9-10,13H,4,6,8H2,1-3H3. The molecule has 2 heteroatoms. The van der Waals surface area contributed by atoms with Crippen molar-refractivity contribution in [2.75, 3.05) is 0 Å². The van der Waals surface area contributed by atoms with Crippen LogP contribution in [0.15, 0.2) is 18.2 Å². The van der Waals surface area contributed by atoms with Crippen molar-refractivity contribution in [1.82, 2.24) is 0 Å². The molecule has 0 nitrogen and oxygen atoms in total. The summed E-state index contributed by atoms with van der Waals surface area (Å²) in [6.07, 6.45) is 3.33. The van der Waals surface area contributed by atoms with Crippen LogP contribution in [0.3, 0.4) is 0 Å². The molecular formula is C14H20BrF. The van der Waals surface area contributed by atoms with E-state index in [-0.39, 0.29) is 5.82 Å². The van der Waals surface area contributed by atoms with E-state index in [4.69, 9.17) is 0 Å². The van der Waals surface area contributed by atoms with Crippen LogP contribution in [0.2, 0.25) is 0 Å². The smallest absolute Gasteiger partial charge is 0.123 e.